The lowest BCUT2D eigenvalue weighted by atomic mass is 9.90. The van der Waals surface area contributed by atoms with Gasteiger partial charge in [-0.05, 0) is 31.8 Å². The van der Waals surface area contributed by atoms with Crippen molar-refractivity contribution in [3.05, 3.63) is 72.9 Å². The van der Waals surface area contributed by atoms with Crippen LogP contribution in [-0.2, 0) is 0 Å². The second-order valence-corrected chi connectivity index (χ2v) is 4.54. The van der Waals surface area contributed by atoms with Crippen LogP contribution >= 0.6 is 0 Å². The Morgan fingerprint density at radius 2 is 2.18 bits per heavy atom. The zero-order valence-corrected chi connectivity index (χ0v) is 10.8. The van der Waals surface area contributed by atoms with Crippen molar-refractivity contribution in [2.75, 3.05) is 0 Å². The number of allylic oxidation sites excluding steroid dienone is 9. The molecule has 0 heteroatoms. The lowest BCUT2D eigenvalue weighted by molar-refractivity contribution is 0.782. The predicted molar refractivity (Wildman–Crippen MR) is 77.9 cm³/mol. The Balaban J connectivity index is 2.44. The minimum atomic E-state index is 0.446. The van der Waals surface area contributed by atoms with Gasteiger partial charge in [-0.2, -0.15) is 0 Å². The van der Waals surface area contributed by atoms with Gasteiger partial charge >= 0.3 is 0 Å². The van der Waals surface area contributed by atoms with Crippen molar-refractivity contribution in [2.24, 2.45) is 5.92 Å². The quantitative estimate of drug-likeness (QED) is 0.434. The number of hydrogen-bond acceptors (Lipinski definition) is 0. The van der Waals surface area contributed by atoms with Gasteiger partial charge in [-0.3, -0.25) is 0 Å². The van der Waals surface area contributed by atoms with Gasteiger partial charge in [-0.25, -0.2) is 0 Å². The van der Waals surface area contributed by atoms with Crippen molar-refractivity contribution in [1.29, 1.82) is 0 Å². The molecule has 0 fully saturated rings. The maximum absolute atomic E-state index is 4.13. The van der Waals surface area contributed by atoms with Gasteiger partial charge in [0.05, 0.1) is 0 Å². The third kappa shape index (κ3) is 4.86. The Morgan fingerprint density at radius 3 is 2.76 bits per heavy atom. The molecule has 0 spiro atoms. The van der Waals surface area contributed by atoms with Crippen LogP contribution in [0.5, 0.6) is 0 Å². The first-order valence-electron chi connectivity index (χ1n) is 6.14. The molecule has 1 rings (SSSR count). The summed E-state index contributed by atoms with van der Waals surface area (Å²) in [5, 5.41) is 0. The molecule has 0 aromatic rings. The maximum atomic E-state index is 4.13. The molecule has 0 heterocycles. The van der Waals surface area contributed by atoms with Gasteiger partial charge in [0.2, 0.25) is 0 Å². The molecule has 0 saturated heterocycles. The highest BCUT2D eigenvalue weighted by Crippen LogP contribution is 2.23. The molecule has 0 amide bonds. The van der Waals surface area contributed by atoms with E-state index in [0.717, 1.165) is 30.4 Å². The molecular formula is C17H22. The van der Waals surface area contributed by atoms with Crippen LogP contribution in [0.1, 0.15) is 26.2 Å². The van der Waals surface area contributed by atoms with Crippen LogP contribution in [0.4, 0.5) is 0 Å². The summed E-state index contributed by atoms with van der Waals surface area (Å²) < 4.78 is 0. The molecule has 0 radical (unpaired) electrons. The Labute approximate surface area is 105 Å². The number of hydrogen-bond donors (Lipinski definition) is 0. The summed E-state index contributed by atoms with van der Waals surface area (Å²) in [6.07, 6.45) is 15.8. The molecular weight excluding hydrogens is 204 g/mol. The third-order valence-corrected chi connectivity index (χ3v) is 2.96. The highest BCUT2D eigenvalue weighted by atomic mass is 14.1. The normalized spacial score (nSPS) is 19.1. The van der Waals surface area contributed by atoms with Crippen LogP contribution in [0.25, 0.3) is 0 Å². The highest BCUT2D eigenvalue weighted by molar-refractivity contribution is 5.33. The van der Waals surface area contributed by atoms with E-state index in [2.05, 4.69) is 57.0 Å². The van der Waals surface area contributed by atoms with Crippen LogP contribution in [0.15, 0.2) is 72.9 Å². The molecule has 1 unspecified atom stereocenters. The van der Waals surface area contributed by atoms with E-state index >= 15 is 0 Å². The van der Waals surface area contributed by atoms with Gasteiger partial charge in [0.15, 0.2) is 0 Å². The second kappa shape index (κ2) is 6.90. The van der Waals surface area contributed by atoms with E-state index < -0.39 is 0 Å². The smallest absolute Gasteiger partial charge is 0.00500 e. The van der Waals surface area contributed by atoms with Crippen LogP contribution in [0, 0.1) is 5.92 Å². The van der Waals surface area contributed by atoms with E-state index in [9.17, 15) is 0 Å². The fourth-order valence-corrected chi connectivity index (χ4v) is 1.72. The zero-order chi connectivity index (χ0) is 12.7. The zero-order valence-electron chi connectivity index (χ0n) is 10.8. The summed E-state index contributed by atoms with van der Waals surface area (Å²) >= 11 is 0. The molecule has 0 nitrogen and oxygen atoms in total. The minimum absolute atomic E-state index is 0.446. The molecule has 0 aliphatic heterocycles. The predicted octanol–water partition coefficient (Wildman–Crippen LogP) is 5.14. The van der Waals surface area contributed by atoms with E-state index in [1.54, 1.807) is 0 Å². The Bertz CT molecular complexity index is 388. The minimum Gasteiger partial charge on any atom is -0.103 e. The molecule has 1 aliphatic rings. The van der Waals surface area contributed by atoms with Crippen molar-refractivity contribution in [2.45, 2.75) is 26.2 Å². The lowest BCUT2D eigenvalue weighted by Gasteiger charge is -2.15. The fraction of sp³-hybridized carbons (Fsp3) is 0.294. The molecule has 0 aromatic carbocycles. The highest BCUT2D eigenvalue weighted by Gasteiger charge is 2.08. The Kier molecular flexibility index (Phi) is 5.48. The van der Waals surface area contributed by atoms with Crippen LogP contribution in [0.2, 0.25) is 0 Å². The van der Waals surface area contributed by atoms with Gasteiger partial charge in [0.1, 0.15) is 0 Å². The van der Waals surface area contributed by atoms with Crippen LogP contribution in [-0.4, -0.2) is 0 Å². The van der Waals surface area contributed by atoms with E-state index in [1.807, 2.05) is 6.08 Å². The van der Waals surface area contributed by atoms with Crippen molar-refractivity contribution in [3.8, 4) is 0 Å². The number of rotatable bonds is 6. The van der Waals surface area contributed by atoms with Gasteiger partial charge in [0.25, 0.3) is 0 Å². The molecule has 1 atom stereocenters. The molecule has 0 bridgehead atoms. The largest absolute Gasteiger partial charge is 0.103 e. The summed E-state index contributed by atoms with van der Waals surface area (Å²) in [6, 6.07) is 0. The van der Waals surface area contributed by atoms with E-state index in [1.165, 1.54) is 5.57 Å². The molecule has 1 aliphatic carbocycles. The van der Waals surface area contributed by atoms with Gasteiger partial charge in [-0.15, -0.1) is 6.58 Å². The van der Waals surface area contributed by atoms with E-state index in [0.29, 0.717) is 5.92 Å². The average molecular weight is 226 g/mol. The summed E-state index contributed by atoms with van der Waals surface area (Å²) in [5.74, 6) is 0.446. The molecule has 17 heavy (non-hydrogen) atoms. The standard InChI is InChI=1S/C17H22/c1-5-6-7-14(2)8-11-16(4)17-12-9-15(3)10-13-17/h5,8-12,17H,1-2,4,6-7,13H2,3H3/b11-8-. The molecule has 0 saturated carbocycles. The average Bonchev–Trinajstić information content (AvgIpc) is 2.34. The first-order chi connectivity index (χ1) is 8.13. The van der Waals surface area contributed by atoms with Crippen molar-refractivity contribution in [3.63, 3.8) is 0 Å². The summed E-state index contributed by atoms with van der Waals surface area (Å²) in [4.78, 5) is 0. The van der Waals surface area contributed by atoms with Crippen LogP contribution < -0.4 is 0 Å². The summed E-state index contributed by atoms with van der Waals surface area (Å²) in [5.41, 5.74) is 3.63. The van der Waals surface area contributed by atoms with Crippen molar-refractivity contribution in [1.82, 2.24) is 0 Å². The SMILES string of the molecule is C=CCCC(=C)/C=C\C(=C)C1C=CC(C)=CC1. The molecule has 90 valence electrons. The van der Waals surface area contributed by atoms with E-state index in [-0.39, 0.29) is 0 Å². The van der Waals surface area contributed by atoms with Gasteiger partial charge < -0.3 is 0 Å². The Morgan fingerprint density at radius 1 is 1.41 bits per heavy atom. The third-order valence-electron chi connectivity index (χ3n) is 2.96. The van der Waals surface area contributed by atoms with Crippen molar-refractivity contribution >= 4 is 0 Å². The Hall–Kier alpha value is -1.56. The first kappa shape index (κ1) is 13.5. The summed E-state index contributed by atoms with van der Waals surface area (Å²) in [7, 11) is 0. The summed E-state index contributed by atoms with van der Waals surface area (Å²) in [6.45, 7) is 14.0. The van der Waals surface area contributed by atoms with Gasteiger partial charge in [-0.1, -0.05) is 60.8 Å². The first-order valence-corrected chi connectivity index (χ1v) is 6.14. The second-order valence-electron chi connectivity index (χ2n) is 4.54. The topological polar surface area (TPSA) is 0 Å². The van der Waals surface area contributed by atoms with Crippen molar-refractivity contribution < 1.29 is 0 Å². The monoisotopic (exact) mass is 226 g/mol. The molecule has 0 aromatic heterocycles. The lowest BCUT2D eigenvalue weighted by Crippen LogP contribution is -2.00. The van der Waals surface area contributed by atoms with Gasteiger partial charge in [0, 0.05) is 5.92 Å². The van der Waals surface area contributed by atoms with Crippen LogP contribution in [0.3, 0.4) is 0 Å². The van der Waals surface area contributed by atoms with E-state index in [4.69, 9.17) is 0 Å². The maximum Gasteiger partial charge on any atom is 0.00500 e. The fourth-order valence-electron chi connectivity index (χ4n) is 1.72. The molecule has 0 N–H and O–H groups in total.